The van der Waals surface area contributed by atoms with Crippen molar-refractivity contribution >= 4 is 11.8 Å². The van der Waals surface area contributed by atoms with Crippen molar-refractivity contribution < 1.29 is 19.1 Å². The van der Waals surface area contributed by atoms with Gasteiger partial charge < -0.3 is 20.1 Å². The molecule has 6 heteroatoms. The van der Waals surface area contributed by atoms with E-state index >= 15 is 0 Å². The Morgan fingerprint density at radius 2 is 1.73 bits per heavy atom. The maximum atomic E-state index is 12.5. The van der Waals surface area contributed by atoms with Gasteiger partial charge in [0.1, 0.15) is 11.5 Å². The number of piperidine rings is 1. The Balaban J connectivity index is 2.05. The van der Waals surface area contributed by atoms with Crippen molar-refractivity contribution in [1.82, 2.24) is 4.90 Å². The van der Waals surface area contributed by atoms with Gasteiger partial charge in [0, 0.05) is 24.6 Å². The minimum atomic E-state index is -0.279. The highest BCUT2D eigenvalue weighted by atomic mass is 16.5. The molecule has 1 saturated heterocycles. The lowest BCUT2D eigenvalue weighted by atomic mass is 9.96. The summed E-state index contributed by atoms with van der Waals surface area (Å²) in [5, 5.41) is 0. The summed E-state index contributed by atoms with van der Waals surface area (Å²) in [4.78, 5) is 25.4. The molecule has 0 unspecified atom stereocenters. The molecule has 0 spiro atoms. The van der Waals surface area contributed by atoms with Crippen LogP contribution in [0.25, 0.3) is 0 Å². The summed E-state index contributed by atoms with van der Waals surface area (Å²) >= 11 is 0. The minimum Gasteiger partial charge on any atom is -0.496 e. The number of primary amides is 1. The van der Waals surface area contributed by atoms with Gasteiger partial charge in [0.15, 0.2) is 0 Å². The molecule has 0 atom stereocenters. The number of nitrogens with zero attached hydrogens (tertiary/aromatic N) is 1. The number of ether oxygens (including phenoxy) is 2. The van der Waals surface area contributed by atoms with E-state index in [0.29, 0.717) is 37.4 Å². The molecule has 0 radical (unpaired) electrons. The predicted octanol–water partition coefficient (Wildman–Crippen LogP) is 0.970. The zero-order chi connectivity index (χ0) is 16.1. The first-order valence-corrected chi connectivity index (χ1v) is 7.33. The zero-order valence-corrected chi connectivity index (χ0v) is 13.0. The summed E-state index contributed by atoms with van der Waals surface area (Å²) in [5.41, 5.74) is 6.06. The lowest BCUT2D eigenvalue weighted by Crippen LogP contribution is -2.42. The van der Waals surface area contributed by atoms with Gasteiger partial charge in [-0.1, -0.05) is 6.07 Å². The Bertz CT molecular complexity index is 529. The maximum Gasteiger partial charge on any atom is 0.227 e. The molecule has 1 aliphatic heterocycles. The average molecular weight is 306 g/mol. The van der Waals surface area contributed by atoms with E-state index in [9.17, 15) is 9.59 Å². The van der Waals surface area contributed by atoms with Crippen LogP contribution in [0.15, 0.2) is 18.2 Å². The SMILES string of the molecule is COc1cccc(OC)c1CC(=O)N1CCC(C(N)=O)CC1. The molecule has 0 aliphatic carbocycles. The highest BCUT2D eigenvalue weighted by Gasteiger charge is 2.26. The molecule has 0 bridgehead atoms. The van der Waals surface area contributed by atoms with Crippen LogP contribution in [0.4, 0.5) is 0 Å². The van der Waals surface area contributed by atoms with E-state index in [-0.39, 0.29) is 24.2 Å². The van der Waals surface area contributed by atoms with Crippen LogP contribution in [0.3, 0.4) is 0 Å². The van der Waals surface area contributed by atoms with E-state index in [1.54, 1.807) is 19.1 Å². The van der Waals surface area contributed by atoms with Gasteiger partial charge in [0.2, 0.25) is 11.8 Å². The Morgan fingerprint density at radius 1 is 1.18 bits per heavy atom. The second-order valence-electron chi connectivity index (χ2n) is 5.38. The first kappa shape index (κ1) is 16.1. The smallest absolute Gasteiger partial charge is 0.227 e. The van der Waals surface area contributed by atoms with E-state index in [1.807, 2.05) is 18.2 Å². The van der Waals surface area contributed by atoms with Crippen LogP contribution in [-0.2, 0) is 16.0 Å². The van der Waals surface area contributed by atoms with E-state index in [2.05, 4.69) is 0 Å². The van der Waals surface area contributed by atoms with Crippen molar-refractivity contribution in [3.63, 3.8) is 0 Å². The summed E-state index contributed by atoms with van der Waals surface area (Å²) in [5.74, 6) is 0.883. The first-order valence-electron chi connectivity index (χ1n) is 7.33. The fourth-order valence-electron chi connectivity index (χ4n) is 2.78. The number of nitrogens with two attached hydrogens (primary N) is 1. The predicted molar refractivity (Wildman–Crippen MR) is 81.7 cm³/mol. The summed E-state index contributed by atoms with van der Waals surface area (Å²) in [7, 11) is 3.14. The number of carbonyl (C=O) groups is 2. The second-order valence-corrected chi connectivity index (χ2v) is 5.38. The summed E-state index contributed by atoms with van der Waals surface area (Å²) in [6.45, 7) is 1.12. The number of benzene rings is 1. The molecule has 1 aromatic carbocycles. The van der Waals surface area contributed by atoms with Gasteiger partial charge in [-0.2, -0.15) is 0 Å². The van der Waals surface area contributed by atoms with E-state index in [1.165, 1.54) is 0 Å². The van der Waals surface area contributed by atoms with Crippen molar-refractivity contribution in [1.29, 1.82) is 0 Å². The molecule has 1 aliphatic rings. The van der Waals surface area contributed by atoms with Gasteiger partial charge >= 0.3 is 0 Å². The quantitative estimate of drug-likeness (QED) is 0.879. The van der Waals surface area contributed by atoms with Crippen LogP contribution in [0, 0.1) is 5.92 Å². The highest BCUT2D eigenvalue weighted by Crippen LogP contribution is 2.29. The summed E-state index contributed by atoms with van der Waals surface area (Å²) < 4.78 is 10.6. The molecule has 1 aromatic rings. The molecule has 2 N–H and O–H groups in total. The molecule has 2 rings (SSSR count). The lowest BCUT2D eigenvalue weighted by molar-refractivity contribution is -0.134. The summed E-state index contributed by atoms with van der Waals surface area (Å²) in [6.07, 6.45) is 1.47. The molecule has 6 nitrogen and oxygen atoms in total. The molecule has 1 fully saturated rings. The third-order valence-corrected chi connectivity index (χ3v) is 4.11. The number of amides is 2. The topological polar surface area (TPSA) is 81.9 Å². The molecule has 22 heavy (non-hydrogen) atoms. The average Bonchev–Trinajstić information content (AvgIpc) is 2.55. The standard InChI is InChI=1S/C16H22N2O4/c1-21-13-4-3-5-14(22-2)12(13)10-15(19)18-8-6-11(7-9-18)16(17)20/h3-5,11H,6-10H2,1-2H3,(H2,17,20). The van der Waals surface area contributed by atoms with Crippen molar-refractivity contribution in [2.24, 2.45) is 11.7 Å². The van der Waals surface area contributed by atoms with Gasteiger partial charge in [-0.3, -0.25) is 9.59 Å². The normalized spacial score (nSPS) is 15.5. The van der Waals surface area contributed by atoms with Gasteiger partial charge in [0.05, 0.1) is 20.6 Å². The number of methoxy groups -OCH3 is 2. The Labute approximate surface area is 130 Å². The lowest BCUT2D eigenvalue weighted by Gasteiger charge is -2.31. The zero-order valence-electron chi connectivity index (χ0n) is 13.0. The van der Waals surface area contributed by atoms with Crippen LogP contribution >= 0.6 is 0 Å². The molecule has 120 valence electrons. The van der Waals surface area contributed by atoms with E-state index in [4.69, 9.17) is 15.2 Å². The third kappa shape index (κ3) is 3.50. The molecule has 0 aromatic heterocycles. The molecule has 1 heterocycles. The van der Waals surface area contributed by atoms with Gasteiger partial charge in [-0.25, -0.2) is 0 Å². The van der Waals surface area contributed by atoms with Gasteiger partial charge in [0.25, 0.3) is 0 Å². The van der Waals surface area contributed by atoms with Gasteiger partial charge in [-0.15, -0.1) is 0 Å². The highest BCUT2D eigenvalue weighted by molar-refractivity contribution is 5.81. The first-order chi connectivity index (χ1) is 10.6. The number of rotatable bonds is 5. The molecular weight excluding hydrogens is 284 g/mol. The number of likely N-dealkylation sites (tertiary alicyclic amines) is 1. The van der Waals surface area contributed by atoms with Crippen molar-refractivity contribution in [3.8, 4) is 11.5 Å². The van der Waals surface area contributed by atoms with E-state index < -0.39 is 0 Å². The Kier molecular flexibility index (Phi) is 5.25. The van der Waals surface area contributed by atoms with Crippen molar-refractivity contribution in [2.75, 3.05) is 27.3 Å². The summed E-state index contributed by atoms with van der Waals surface area (Å²) in [6, 6.07) is 5.44. The Morgan fingerprint density at radius 3 is 2.18 bits per heavy atom. The monoisotopic (exact) mass is 306 g/mol. The van der Waals surface area contributed by atoms with Crippen molar-refractivity contribution in [3.05, 3.63) is 23.8 Å². The molecule has 0 saturated carbocycles. The molecule has 2 amide bonds. The van der Waals surface area contributed by atoms with Crippen LogP contribution < -0.4 is 15.2 Å². The number of hydrogen-bond acceptors (Lipinski definition) is 4. The third-order valence-electron chi connectivity index (χ3n) is 4.11. The fourth-order valence-corrected chi connectivity index (χ4v) is 2.78. The number of hydrogen-bond donors (Lipinski definition) is 1. The molecular formula is C16H22N2O4. The number of carbonyl (C=O) groups excluding carboxylic acids is 2. The van der Waals surface area contributed by atoms with Crippen LogP contribution in [-0.4, -0.2) is 44.0 Å². The minimum absolute atomic E-state index is 0.00530. The van der Waals surface area contributed by atoms with Crippen LogP contribution in [0.1, 0.15) is 18.4 Å². The van der Waals surface area contributed by atoms with Crippen LogP contribution in [0.5, 0.6) is 11.5 Å². The Hall–Kier alpha value is -2.24. The van der Waals surface area contributed by atoms with Crippen molar-refractivity contribution in [2.45, 2.75) is 19.3 Å². The second kappa shape index (κ2) is 7.15. The van der Waals surface area contributed by atoms with Crippen LogP contribution in [0.2, 0.25) is 0 Å². The fraction of sp³-hybridized carbons (Fsp3) is 0.500. The van der Waals surface area contributed by atoms with E-state index in [0.717, 1.165) is 5.56 Å². The maximum absolute atomic E-state index is 12.5. The van der Waals surface area contributed by atoms with Gasteiger partial charge in [-0.05, 0) is 25.0 Å². The largest absolute Gasteiger partial charge is 0.496 e.